The molecule has 27 heavy (non-hydrogen) atoms. The van der Waals surface area contributed by atoms with Crippen molar-refractivity contribution in [3.63, 3.8) is 0 Å². The molecule has 0 N–H and O–H groups in total. The van der Waals surface area contributed by atoms with E-state index in [4.69, 9.17) is 4.74 Å². The molecule has 1 aromatic heterocycles. The van der Waals surface area contributed by atoms with Gasteiger partial charge >= 0.3 is 5.97 Å². The molecular weight excluding hydrogens is 406 g/mol. The summed E-state index contributed by atoms with van der Waals surface area (Å²) in [7, 11) is 0. The van der Waals surface area contributed by atoms with Crippen LogP contribution < -0.4 is 0 Å². The molecule has 4 nitrogen and oxygen atoms in total. The van der Waals surface area contributed by atoms with E-state index in [2.05, 4.69) is 40.4 Å². The van der Waals surface area contributed by atoms with E-state index < -0.39 is 0 Å². The van der Waals surface area contributed by atoms with Crippen LogP contribution in [0.1, 0.15) is 68.9 Å². The van der Waals surface area contributed by atoms with Gasteiger partial charge in [0.15, 0.2) is 5.78 Å². The Hall–Kier alpha value is -1.62. The second kappa shape index (κ2) is 8.17. The van der Waals surface area contributed by atoms with E-state index in [-0.39, 0.29) is 17.2 Å². The Balaban J connectivity index is 1.83. The number of halogens is 1. The van der Waals surface area contributed by atoms with Gasteiger partial charge in [-0.25, -0.2) is 0 Å². The number of carbonyl (C=O) groups is 2. The highest BCUT2D eigenvalue weighted by Gasteiger charge is 2.35. The zero-order valence-corrected chi connectivity index (χ0v) is 18.0. The average molecular weight is 434 g/mol. The molecule has 5 heteroatoms. The van der Waals surface area contributed by atoms with E-state index in [0.29, 0.717) is 19.4 Å². The Labute approximate surface area is 169 Å². The van der Waals surface area contributed by atoms with Gasteiger partial charge in [-0.3, -0.25) is 9.59 Å². The highest BCUT2D eigenvalue weighted by molar-refractivity contribution is 9.10. The van der Waals surface area contributed by atoms with Crippen molar-refractivity contribution in [3.8, 4) is 0 Å². The van der Waals surface area contributed by atoms with Gasteiger partial charge < -0.3 is 9.30 Å². The lowest BCUT2D eigenvalue weighted by atomic mass is 9.75. The van der Waals surface area contributed by atoms with Gasteiger partial charge in [0.05, 0.1) is 12.1 Å². The standard InChI is InChI=1S/C22H28BrNO3/c1-4-27-19(26)11-6-5-7-12-24-17-13-22(2,3)14-18(25)20(17)15-9-8-10-16(23)21(15)24/h8-10H,4-7,11-14H2,1-3H3. The quantitative estimate of drug-likeness (QED) is 0.416. The number of benzene rings is 1. The number of aromatic nitrogens is 1. The number of esters is 1. The number of hydrogen-bond acceptors (Lipinski definition) is 3. The van der Waals surface area contributed by atoms with E-state index >= 15 is 0 Å². The van der Waals surface area contributed by atoms with E-state index in [1.54, 1.807) is 0 Å². The molecule has 0 amide bonds. The van der Waals surface area contributed by atoms with Crippen LogP contribution in [0.5, 0.6) is 0 Å². The Morgan fingerprint density at radius 1 is 1.22 bits per heavy atom. The van der Waals surface area contributed by atoms with E-state index in [9.17, 15) is 9.59 Å². The Kier molecular flexibility index (Phi) is 6.09. The fraction of sp³-hybridized carbons (Fsp3) is 0.545. The summed E-state index contributed by atoms with van der Waals surface area (Å²) < 4.78 is 8.35. The molecule has 0 saturated heterocycles. The minimum atomic E-state index is -0.114. The van der Waals surface area contributed by atoms with Crippen molar-refractivity contribution in [1.29, 1.82) is 0 Å². The number of aryl methyl sites for hydroxylation is 1. The molecule has 0 spiro atoms. The highest BCUT2D eigenvalue weighted by atomic mass is 79.9. The van der Waals surface area contributed by atoms with Gasteiger partial charge in [0, 0.05) is 40.5 Å². The molecule has 0 bridgehead atoms. The lowest BCUT2D eigenvalue weighted by Crippen LogP contribution is -2.28. The number of rotatable bonds is 7. The van der Waals surface area contributed by atoms with E-state index in [1.165, 1.54) is 5.69 Å². The van der Waals surface area contributed by atoms with Crippen LogP contribution in [0.3, 0.4) is 0 Å². The number of para-hydroxylation sites is 1. The van der Waals surface area contributed by atoms with Gasteiger partial charge in [0.2, 0.25) is 0 Å². The van der Waals surface area contributed by atoms with Crippen LogP contribution in [0, 0.1) is 5.41 Å². The zero-order valence-electron chi connectivity index (χ0n) is 16.4. The summed E-state index contributed by atoms with van der Waals surface area (Å²) in [6.07, 6.45) is 4.78. The summed E-state index contributed by atoms with van der Waals surface area (Å²) in [4.78, 5) is 24.4. The number of nitrogens with zero attached hydrogens (tertiary/aromatic N) is 1. The summed E-state index contributed by atoms with van der Waals surface area (Å²) in [6, 6.07) is 6.11. The van der Waals surface area contributed by atoms with Crippen molar-refractivity contribution in [2.45, 2.75) is 65.8 Å². The number of fused-ring (bicyclic) bond motifs is 3. The first kappa shape index (κ1) is 20.1. The lowest BCUT2D eigenvalue weighted by molar-refractivity contribution is -0.143. The largest absolute Gasteiger partial charge is 0.466 e. The number of hydrogen-bond donors (Lipinski definition) is 0. The predicted molar refractivity (Wildman–Crippen MR) is 111 cm³/mol. The fourth-order valence-electron chi connectivity index (χ4n) is 4.15. The number of ketones is 1. The maximum Gasteiger partial charge on any atom is 0.305 e. The van der Waals surface area contributed by atoms with Crippen LogP contribution in [0.25, 0.3) is 10.9 Å². The maximum atomic E-state index is 12.9. The van der Waals surface area contributed by atoms with Gasteiger partial charge in [-0.05, 0) is 53.6 Å². The minimum Gasteiger partial charge on any atom is -0.466 e. The first-order chi connectivity index (χ1) is 12.8. The molecule has 1 aromatic carbocycles. The second-order valence-electron chi connectivity index (χ2n) is 8.17. The van der Waals surface area contributed by atoms with Crippen molar-refractivity contribution >= 4 is 38.6 Å². The van der Waals surface area contributed by atoms with Crippen LogP contribution in [-0.4, -0.2) is 22.9 Å². The summed E-state index contributed by atoms with van der Waals surface area (Å²) in [5.74, 6) is 0.141. The molecule has 1 heterocycles. The third-order valence-electron chi connectivity index (χ3n) is 5.27. The smallest absolute Gasteiger partial charge is 0.305 e. The molecule has 0 fully saturated rings. The van der Waals surface area contributed by atoms with Crippen LogP contribution in [0.15, 0.2) is 22.7 Å². The Bertz CT molecular complexity index is 866. The second-order valence-corrected chi connectivity index (χ2v) is 9.02. The monoisotopic (exact) mass is 433 g/mol. The molecule has 1 aliphatic carbocycles. The number of unbranched alkanes of at least 4 members (excludes halogenated alkanes) is 2. The van der Waals surface area contributed by atoms with Crippen molar-refractivity contribution < 1.29 is 14.3 Å². The predicted octanol–water partition coefficient (Wildman–Crippen LogP) is 5.68. The van der Waals surface area contributed by atoms with Crippen LogP contribution in [0.4, 0.5) is 0 Å². The number of ether oxygens (including phenoxy) is 1. The van der Waals surface area contributed by atoms with Gasteiger partial charge in [-0.15, -0.1) is 0 Å². The lowest BCUT2D eigenvalue weighted by Gasteiger charge is -2.30. The summed E-state index contributed by atoms with van der Waals surface area (Å²) in [6.45, 7) is 7.48. The van der Waals surface area contributed by atoms with Crippen LogP contribution in [0.2, 0.25) is 0 Å². The Morgan fingerprint density at radius 2 is 2.00 bits per heavy atom. The average Bonchev–Trinajstić information content (AvgIpc) is 2.88. The summed E-state index contributed by atoms with van der Waals surface area (Å²) in [5.41, 5.74) is 3.20. The molecule has 0 aliphatic heterocycles. The zero-order chi connectivity index (χ0) is 19.6. The van der Waals surface area contributed by atoms with Gasteiger partial charge in [0.1, 0.15) is 0 Å². The van der Waals surface area contributed by atoms with Crippen molar-refractivity contribution in [2.24, 2.45) is 5.41 Å². The third kappa shape index (κ3) is 4.29. The molecule has 2 aromatic rings. The highest BCUT2D eigenvalue weighted by Crippen LogP contribution is 2.41. The fourth-order valence-corrected chi connectivity index (χ4v) is 4.73. The SMILES string of the molecule is CCOC(=O)CCCCCn1c2c(c3cccc(Br)c31)C(=O)CC(C)(C)C2. The molecule has 1 aliphatic rings. The molecule has 0 saturated carbocycles. The number of carbonyl (C=O) groups excluding carboxylic acids is 2. The van der Waals surface area contributed by atoms with Crippen LogP contribution in [-0.2, 0) is 22.5 Å². The van der Waals surface area contributed by atoms with E-state index in [1.807, 2.05) is 19.1 Å². The van der Waals surface area contributed by atoms with Crippen LogP contribution >= 0.6 is 15.9 Å². The summed E-state index contributed by atoms with van der Waals surface area (Å²) >= 11 is 3.69. The van der Waals surface area contributed by atoms with Gasteiger partial charge in [-0.1, -0.05) is 32.4 Å². The van der Waals surface area contributed by atoms with Crippen molar-refractivity contribution in [3.05, 3.63) is 33.9 Å². The molecule has 0 atom stereocenters. The first-order valence-corrected chi connectivity index (χ1v) is 10.6. The molecule has 0 radical (unpaired) electrons. The molecule has 146 valence electrons. The van der Waals surface area contributed by atoms with Crippen molar-refractivity contribution in [1.82, 2.24) is 4.57 Å². The maximum absolute atomic E-state index is 12.9. The van der Waals surface area contributed by atoms with Gasteiger partial charge in [-0.2, -0.15) is 0 Å². The third-order valence-corrected chi connectivity index (χ3v) is 5.91. The Morgan fingerprint density at radius 3 is 2.74 bits per heavy atom. The number of Topliss-reactive ketones (excluding diaryl/α,β-unsaturated/α-hetero) is 1. The van der Waals surface area contributed by atoms with Gasteiger partial charge in [0.25, 0.3) is 0 Å². The molecule has 0 unspecified atom stereocenters. The van der Waals surface area contributed by atoms with E-state index in [0.717, 1.165) is 53.2 Å². The molecule has 3 rings (SSSR count). The minimum absolute atomic E-state index is 0.00734. The molecular formula is C22H28BrNO3. The van der Waals surface area contributed by atoms with Crippen molar-refractivity contribution in [2.75, 3.05) is 6.61 Å². The topological polar surface area (TPSA) is 48.3 Å². The first-order valence-electron chi connectivity index (χ1n) is 9.82. The summed E-state index contributed by atoms with van der Waals surface area (Å²) in [5, 5.41) is 1.06. The normalized spacial score (nSPS) is 15.8.